The Morgan fingerprint density at radius 1 is 0.587 bits per heavy atom. The molecule has 3 aromatic heterocycles. The fourth-order valence-electron chi connectivity index (χ4n) is 8.84. The smallest absolute Gasteiger partial charge is 0.410 e. The number of nitrogens with one attached hydrogen (secondary N) is 1. The number of amides is 2. The molecule has 6 fully saturated rings. The minimum atomic E-state index is -0.457. The highest BCUT2D eigenvalue weighted by molar-refractivity contribution is 9.10. The number of rotatable bonds is 11. The molecule has 3 aromatic rings. The third-order valence-corrected chi connectivity index (χ3v) is 13.3. The van der Waals surface area contributed by atoms with Crippen molar-refractivity contribution >= 4 is 40.3 Å². The van der Waals surface area contributed by atoms with E-state index in [1.165, 1.54) is 6.42 Å². The Hall–Kier alpha value is -5.07. The van der Waals surface area contributed by atoms with Gasteiger partial charge in [0.25, 0.3) is 0 Å². The number of likely N-dealkylation sites (tertiary alicyclic amines) is 2. The van der Waals surface area contributed by atoms with Crippen molar-refractivity contribution < 1.29 is 47.5 Å². The molecule has 0 aliphatic carbocycles. The van der Waals surface area contributed by atoms with Crippen molar-refractivity contribution in [1.82, 2.24) is 30.1 Å². The van der Waals surface area contributed by atoms with Crippen LogP contribution in [0.1, 0.15) is 110 Å². The summed E-state index contributed by atoms with van der Waals surface area (Å²) < 4.78 is 45.4. The van der Waals surface area contributed by atoms with E-state index in [4.69, 9.17) is 37.9 Å². The highest BCUT2D eigenvalue weighted by Crippen LogP contribution is 2.26. The van der Waals surface area contributed by atoms with Crippen molar-refractivity contribution in [2.45, 2.75) is 129 Å². The number of pyridine rings is 3. The van der Waals surface area contributed by atoms with Gasteiger partial charge < -0.3 is 53.0 Å². The molecular weight excluding hydrogens is 1020 g/mol. The summed E-state index contributed by atoms with van der Waals surface area (Å²) in [7, 11) is 0. The number of aromatic nitrogens is 3. The zero-order valence-electron chi connectivity index (χ0n) is 45.3. The van der Waals surface area contributed by atoms with E-state index in [1.807, 2.05) is 72.1 Å². The third kappa shape index (κ3) is 23.0. The second kappa shape index (κ2) is 30.6. The van der Waals surface area contributed by atoms with E-state index in [-0.39, 0.29) is 30.5 Å². The van der Waals surface area contributed by atoms with Crippen LogP contribution in [0.3, 0.4) is 0 Å². The third-order valence-electron chi connectivity index (χ3n) is 12.9. The molecule has 17 heteroatoms. The lowest BCUT2D eigenvalue weighted by Crippen LogP contribution is -2.35. The minimum absolute atomic E-state index is 0.206. The van der Waals surface area contributed by atoms with Gasteiger partial charge in [-0.1, -0.05) is 30.4 Å². The van der Waals surface area contributed by atoms with Crippen molar-refractivity contribution in [3.8, 4) is 17.2 Å². The van der Waals surface area contributed by atoms with Crippen LogP contribution in [0.5, 0.6) is 17.2 Å². The van der Waals surface area contributed by atoms with Crippen LogP contribution in [0.25, 0.3) is 12.2 Å². The molecule has 75 heavy (non-hydrogen) atoms. The Morgan fingerprint density at radius 3 is 1.40 bits per heavy atom. The molecule has 0 bridgehead atoms. The van der Waals surface area contributed by atoms with Gasteiger partial charge in [-0.3, -0.25) is 15.0 Å². The van der Waals surface area contributed by atoms with Gasteiger partial charge in [0.15, 0.2) is 0 Å². The van der Waals surface area contributed by atoms with Gasteiger partial charge in [0.2, 0.25) is 0 Å². The van der Waals surface area contributed by atoms with E-state index in [2.05, 4.69) is 73.1 Å². The van der Waals surface area contributed by atoms with E-state index in [1.54, 1.807) is 34.6 Å². The Kier molecular flexibility index (Phi) is 24.2. The standard InChI is InChI=1S/C21H30N2O4.C16H22N2O2.C11H19NO2.C10H12BrNO2/c1-21(2,3)27-20(24)23-9-6-16(15-23)4-5-17-12-19(14-22-13-17)26-18-7-10-25-11-8-18;1(13-3-6-17-10-13)2-14-9-16(12-18-11-14)20-15-4-7-19-8-5-15;1-5-9-6-7-12(8-9)10(13)14-11(2,3)4;11-8-5-10(7-12-6-8)14-9-1-3-13-4-2-9/h4-5,12-14,16,18H,6-11,15H2,1-3H3;1-2,9,11-13,15,17H,3-8,10H2;5,9H,1,6-8H2,2-4H3;5-7,9H,1-4H2/b5-4+;2-1+;;/t16-;13-;9-;/m000./s1. The highest BCUT2D eigenvalue weighted by atomic mass is 79.9. The van der Waals surface area contributed by atoms with Gasteiger partial charge in [0.05, 0.1) is 58.2 Å². The number of carbonyl (C=O) groups excluding carboxylic acids is 2. The predicted octanol–water partition coefficient (Wildman–Crippen LogP) is 11.0. The van der Waals surface area contributed by atoms with Gasteiger partial charge in [0, 0.05) is 94.3 Å². The number of ether oxygens (including phenoxy) is 8. The molecule has 3 atom stereocenters. The van der Waals surface area contributed by atoms with Gasteiger partial charge in [-0.15, -0.1) is 6.58 Å². The van der Waals surface area contributed by atoms with Crippen LogP contribution in [0.4, 0.5) is 9.59 Å². The van der Waals surface area contributed by atoms with Crippen LogP contribution in [-0.4, -0.2) is 145 Å². The molecule has 0 spiro atoms. The monoisotopic (exact) mass is 1100 g/mol. The molecule has 6 aliphatic heterocycles. The van der Waals surface area contributed by atoms with Crippen molar-refractivity contribution in [1.29, 1.82) is 0 Å². The number of halogens is 1. The first-order valence-corrected chi connectivity index (χ1v) is 27.7. The lowest BCUT2D eigenvalue weighted by Gasteiger charge is -2.24. The molecular formula is C58H83BrN6O10. The molecule has 0 radical (unpaired) electrons. The van der Waals surface area contributed by atoms with Gasteiger partial charge in [0.1, 0.15) is 46.8 Å². The maximum atomic E-state index is 12.2. The van der Waals surface area contributed by atoms with Crippen LogP contribution in [0.2, 0.25) is 0 Å². The summed E-state index contributed by atoms with van der Waals surface area (Å²) in [5, 5.41) is 3.37. The number of hydrogen-bond acceptors (Lipinski definition) is 14. The van der Waals surface area contributed by atoms with Crippen LogP contribution in [-0.2, 0) is 23.7 Å². The van der Waals surface area contributed by atoms with Gasteiger partial charge in [-0.25, -0.2) is 9.59 Å². The van der Waals surface area contributed by atoms with Crippen LogP contribution >= 0.6 is 15.9 Å². The topological polar surface area (TPSA) is 165 Å². The summed E-state index contributed by atoms with van der Waals surface area (Å²) in [4.78, 5) is 39.9. The average molecular weight is 1100 g/mol. The van der Waals surface area contributed by atoms with E-state index < -0.39 is 11.2 Å². The summed E-state index contributed by atoms with van der Waals surface area (Å²) >= 11 is 3.36. The molecule has 2 amide bonds. The molecule has 9 rings (SSSR count). The normalized spacial score (nSPS) is 21.8. The SMILES string of the molecule is Brc1cncc(OC2CCOCC2)c1.C(=C\[C@H]1CCNC1)/c1cncc(OC2CCOCC2)c1.C=C[C@H]1CCN(C(=O)OC(C)(C)C)C1.CC(C)(C)OC(=O)N1CC[C@H](/C=C/c2cncc(OC3CCOCC3)c2)C1. The fraction of sp³-hybridized carbons (Fsp3) is 0.603. The highest BCUT2D eigenvalue weighted by Gasteiger charge is 2.30. The van der Waals surface area contributed by atoms with Crippen molar-refractivity contribution in [2.75, 3.05) is 78.9 Å². The predicted molar refractivity (Wildman–Crippen MR) is 295 cm³/mol. The summed E-state index contributed by atoms with van der Waals surface area (Å²) in [6.45, 7) is 24.9. The average Bonchev–Trinajstić information content (AvgIpc) is 4.20. The maximum Gasteiger partial charge on any atom is 0.410 e. The molecule has 9 heterocycles. The zero-order chi connectivity index (χ0) is 53.5. The summed E-state index contributed by atoms with van der Waals surface area (Å²) in [5.74, 6) is 3.90. The van der Waals surface area contributed by atoms with E-state index >= 15 is 0 Å². The zero-order valence-corrected chi connectivity index (χ0v) is 46.9. The molecule has 0 saturated carbocycles. The van der Waals surface area contributed by atoms with E-state index in [9.17, 15) is 9.59 Å². The lowest BCUT2D eigenvalue weighted by molar-refractivity contribution is 0.0252. The Balaban J connectivity index is 0.000000169. The van der Waals surface area contributed by atoms with E-state index in [0.29, 0.717) is 24.3 Å². The first kappa shape index (κ1) is 59.2. The molecule has 6 aliphatic rings. The molecule has 16 nitrogen and oxygen atoms in total. The second-order valence-electron chi connectivity index (χ2n) is 21.7. The Morgan fingerprint density at radius 2 is 1.00 bits per heavy atom. The van der Waals surface area contributed by atoms with Crippen molar-refractivity contribution in [2.24, 2.45) is 17.8 Å². The van der Waals surface area contributed by atoms with Gasteiger partial charge in [-0.05, 0) is 130 Å². The fourth-order valence-corrected chi connectivity index (χ4v) is 9.19. The minimum Gasteiger partial charge on any atom is -0.489 e. The van der Waals surface area contributed by atoms with Crippen molar-refractivity contribution in [3.05, 3.63) is 95.8 Å². The lowest BCUT2D eigenvalue weighted by atomic mass is 10.1. The first-order chi connectivity index (χ1) is 36.1. The molecule has 6 saturated heterocycles. The Bertz CT molecular complexity index is 2250. The van der Waals surface area contributed by atoms with Crippen molar-refractivity contribution in [3.63, 3.8) is 0 Å². The molecule has 0 aromatic carbocycles. The summed E-state index contributed by atoms with van der Waals surface area (Å²) in [6.07, 6.45) is 30.5. The number of nitrogens with zero attached hydrogens (tertiary/aromatic N) is 5. The Labute approximate surface area is 454 Å². The summed E-state index contributed by atoms with van der Waals surface area (Å²) in [6, 6.07) is 6.02. The van der Waals surface area contributed by atoms with Crippen LogP contribution in [0.15, 0.2) is 84.7 Å². The quantitative estimate of drug-likeness (QED) is 0.180. The van der Waals surface area contributed by atoms with Crippen LogP contribution in [0, 0.1) is 17.8 Å². The summed E-state index contributed by atoms with van der Waals surface area (Å²) in [5.41, 5.74) is 1.27. The largest absolute Gasteiger partial charge is 0.489 e. The molecule has 0 unspecified atom stereocenters. The first-order valence-electron chi connectivity index (χ1n) is 26.9. The van der Waals surface area contributed by atoms with E-state index in [0.717, 1.165) is 157 Å². The molecule has 1 N–H and O–H groups in total. The maximum absolute atomic E-state index is 12.2. The van der Waals surface area contributed by atoms with Gasteiger partial charge in [-0.2, -0.15) is 0 Å². The number of hydrogen-bond donors (Lipinski definition) is 1. The second-order valence-corrected chi connectivity index (χ2v) is 22.6. The number of carbonyl (C=O) groups is 2. The van der Waals surface area contributed by atoms with Crippen LogP contribution < -0.4 is 19.5 Å². The van der Waals surface area contributed by atoms with Gasteiger partial charge >= 0.3 is 12.2 Å². The molecule has 412 valence electrons.